The number of allylic oxidation sites excluding steroid dienone is 3. The second-order valence-corrected chi connectivity index (χ2v) is 4.78. The van der Waals surface area contributed by atoms with Crippen LogP contribution >= 0.6 is 0 Å². The van der Waals surface area contributed by atoms with Crippen molar-refractivity contribution in [2.45, 2.75) is 39.2 Å². The molecule has 1 fully saturated rings. The third-order valence-electron chi connectivity index (χ3n) is 3.72. The minimum absolute atomic E-state index is 0.224. The Bertz CT molecular complexity index is 264. The van der Waals surface area contributed by atoms with Gasteiger partial charge in [-0.15, -0.1) is 0 Å². The van der Waals surface area contributed by atoms with Crippen LogP contribution in [0, 0.1) is 17.8 Å². The standard InChI is InChI=1S/C13H20O/c1-3-13(14)9(2)6-12-8-10-4-5-11(12)7-10/h4-6,10-14H,3,7-8H2,1-2H3/b9-6+. The first-order chi connectivity index (χ1) is 6.70. The molecular weight excluding hydrogens is 172 g/mol. The average molecular weight is 192 g/mol. The molecule has 1 N–H and O–H groups in total. The molecule has 78 valence electrons. The van der Waals surface area contributed by atoms with Gasteiger partial charge in [-0.2, -0.15) is 0 Å². The van der Waals surface area contributed by atoms with E-state index in [1.165, 1.54) is 18.4 Å². The maximum absolute atomic E-state index is 9.67. The largest absolute Gasteiger partial charge is 0.389 e. The van der Waals surface area contributed by atoms with Crippen molar-refractivity contribution in [1.82, 2.24) is 0 Å². The Balaban J connectivity index is 2.00. The molecule has 0 radical (unpaired) electrons. The number of hydrogen-bond donors (Lipinski definition) is 1. The predicted octanol–water partition coefficient (Wildman–Crippen LogP) is 2.92. The Morgan fingerprint density at radius 1 is 1.50 bits per heavy atom. The molecule has 2 aliphatic carbocycles. The van der Waals surface area contributed by atoms with Crippen molar-refractivity contribution in [2.24, 2.45) is 17.8 Å². The molecular formula is C13H20O. The van der Waals surface area contributed by atoms with Crippen LogP contribution in [0.4, 0.5) is 0 Å². The van der Waals surface area contributed by atoms with Crippen molar-refractivity contribution in [3.05, 3.63) is 23.8 Å². The van der Waals surface area contributed by atoms with Crippen molar-refractivity contribution in [2.75, 3.05) is 0 Å². The van der Waals surface area contributed by atoms with Gasteiger partial charge in [0, 0.05) is 0 Å². The lowest BCUT2D eigenvalue weighted by atomic mass is 9.90. The second kappa shape index (κ2) is 3.90. The van der Waals surface area contributed by atoms with E-state index in [2.05, 4.69) is 25.2 Å². The molecule has 1 nitrogen and oxygen atoms in total. The van der Waals surface area contributed by atoms with Crippen LogP contribution in [0.5, 0.6) is 0 Å². The van der Waals surface area contributed by atoms with Crippen LogP contribution in [-0.2, 0) is 0 Å². The zero-order chi connectivity index (χ0) is 10.1. The molecule has 1 saturated carbocycles. The number of fused-ring (bicyclic) bond motifs is 2. The Morgan fingerprint density at radius 2 is 2.29 bits per heavy atom. The number of hydrogen-bond acceptors (Lipinski definition) is 1. The minimum Gasteiger partial charge on any atom is -0.389 e. The highest BCUT2D eigenvalue weighted by molar-refractivity contribution is 5.17. The molecule has 4 atom stereocenters. The fourth-order valence-corrected chi connectivity index (χ4v) is 2.79. The summed E-state index contributed by atoms with van der Waals surface area (Å²) < 4.78 is 0. The molecule has 0 amide bonds. The van der Waals surface area contributed by atoms with Gasteiger partial charge < -0.3 is 5.11 Å². The summed E-state index contributed by atoms with van der Waals surface area (Å²) in [5, 5.41) is 9.67. The normalized spacial score (nSPS) is 37.9. The maximum Gasteiger partial charge on any atom is 0.0744 e. The Hall–Kier alpha value is -0.560. The topological polar surface area (TPSA) is 20.2 Å². The smallest absolute Gasteiger partial charge is 0.0744 e. The third-order valence-corrected chi connectivity index (χ3v) is 3.72. The summed E-state index contributed by atoms with van der Waals surface area (Å²) in [4.78, 5) is 0. The number of aliphatic hydroxyl groups is 1. The van der Waals surface area contributed by atoms with Crippen LogP contribution in [0.1, 0.15) is 33.1 Å². The first-order valence-electron chi connectivity index (χ1n) is 5.75. The molecule has 0 aromatic carbocycles. The van der Waals surface area contributed by atoms with Crippen LogP contribution in [0.15, 0.2) is 23.8 Å². The van der Waals surface area contributed by atoms with Gasteiger partial charge in [0.2, 0.25) is 0 Å². The fraction of sp³-hybridized carbons (Fsp3) is 0.692. The highest BCUT2D eigenvalue weighted by Crippen LogP contribution is 2.44. The van der Waals surface area contributed by atoms with E-state index >= 15 is 0 Å². The fourth-order valence-electron chi connectivity index (χ4n) is 2.79. The molecule has 1 heteroatoms. The zero-order valence-electron chi connectivity index (χ0n) is 9.11. The van der Waals surface area contributed by atoms with E-state index in [-0.39, 0.29) is 6.10 Å². The lowest BCUT2D eigenvalue weighted by molar-refractivity contribution is 0.205. The molecule has 0 spiro atoms. The summed E-state index contributed by atoms with van der Waals surface area (Å²) in [6, 6.07) is 0. The second-order valence-electron chi connectivity index (χ2n) is 4.78. The van der Waals surface area contributed by atoms with Crippen molar-refractivity contribution in [3.8, 4) is 0 Å². The van der Waals surface area contributed by atoms with Gasteiger partial charge in [0.15, 0.2) is 0 Å². The van der Waals surface area contributed by atoms with Crippen LogP contribution in [0.3, 0.4) is 0 Å². The SMILES string of the molecule is CCC(O)/C(C)=C/C1CC2C=CC1C2. The van der Waals surface area contributed by atoms with E-state index in [1.54, 1.807) is 0 Å². The average Bonchev–Trinajstić information content (AvgIpc) is 2.77. The van der Waals surface area contributed by atoms with Crippen molar-refractivity contribution < 1.29 is 5.11 Å². The first kappa shape index (κ1) is 9.97. The van der Waals surface area contributed by atoms with Crippen LogP contribution in [-0.4, -0.2) is 11.2 Å². The van der Waals surface area contributed by atoms with Gasteiger partial charge in [-0.3, -0.25) is 0 Å². The highest BCUT2D eigenvalue weighted by Gasteiger charge is 2.34. The van der Waals surface area contributed by atoms with Crippen LogP contribution < -0.4 is 0 Å². The van der Waals surface area contributed by atoms with Crippen LogP contribution in [0.2, 0.25) is 0 Å². The van der Waals surface area contributed by atoms with E-state index in [0.29, 0.717) is 5.92 Å². The Labute approximate surface area is 86.5 Å². The summed E-state index contributed by atoms with van der Waals surface area (Å²) in [6.07, 6.45) is 10.3. The summed E-state index contributed by atoms with van der Waals surface area (Å²) >= 11 is 0. The van der Waals surface area contributed by atoms with Gasteiger partial charge in [-0.1, -0.05) is 25.2 Å². The molecule has 2 aliphatic rings. The van der Waals surface area contributed by atoms with Gasteiger partial charge in [0.1, 0.15) is 0 Å². The van der Waals surface area contributed by atoms with Gasteiger partial charge in [-0.25, -0.2) is 0 Å². The zero-order valence-corrected chi connectivity index (χ0v) is 9.11. The van der Waals surface area contributed by atoms with E-state index in [0.717, 1.165) is 18.3 Å². The van der Waals surface area contributed by atoms with Crippen LogP contribution in [0.25, 0.3) is 0 Å². The number of aliphatic hydroxyl groups excluding tert-OH is 1. The lowest BCUT2D eigenvalue weighted by Crippen LogP contribution is -2.10. The minimum atomic E-state index is -0.224. The van der Waals surface area contributed by atoms with Crippen molar-refractivity contribution >= 4 is 0 Å². The van der Waals surface area contributed by atoms with Gasteiger partial charge in [-0.05, 0) is 49.5 Å². The quantitative estimate of drug-likeness (QED) is 0.682. The van der Waals surface area contributed by atoms with E-state index < -0.39 is 0 Å². The Kier molecular flexibility index (Phi) is 2.78. The summed E-state index contributed by atoms with van der Waals surface area (Å²) in [5.74, 6) is 2.29. The molecule has 2 rings (SSSR count). The van der Waals surface area contributed by atoms with Gasteiger partial charge >= 0.3 is 0 Å². The predicted molar refractivity (Wildman–Crippen MR) is 58.9 cm³/mol. The first-order valence-corrected chi connectivity index (χ1v) is 5.75. The molecule has 0 heterocycles. The van der Waals surface area contributed by atoms with E-state index in [4.69, 9.17) is 0 Å². The molecule has 0 saturated heterocycles. The third kappa shape index (κ3) is 1.78. The number of rotatable bonds is 3. The van der Waals surface area contributed by atoms with E-state index in [1.807, 2.05) is 6.92 Å². The Morgan fingerprint density at radius 3 is 2.79 bits per heavy atom. The molecule has 2 bridgehead atoms. The summed E-state index contributed by atoms with van der Waals surface area (Å²) in [7, 11) is 0. The summed E-state index contributed by atoms with van der Waals surface area (Å²) in [5.41, 5.74) is 1.17. The maximum atomic E-state index is 9.67. The molecule has 4 unspecified atom stereocenters. The summed E-state index contributed by atoms with van der Waals surface area (Å²) in [6.45, 7) is 4.09. The molecule has 0 aromatic heterocycles. The van der Waals surface area contributed by atoms with Gasteiger partial charge in [0.25, 0.3) is 0 Å². The monoisotopic (exact) mass is 192 g/mol. The van der Waals surface area contributed by atoms with Crippen molar-refractivity contribution in [3.63, 3.8) is 0 Å². The van der Waals surface area contributed by atoms with Gasteiger partial charge in [0.05, 0.1) is 6.10 Å². The highest BCUT2D eigenvalue weighted by atomic mass is 16.3. The van der Waals surface area contributed by atoms with Crippen molar-refractivity contribution in [1.29, 1.82) is 0 Å². The molecule has 14 heavy (non-hydrogen) atoms. The molecule has 0 aromatic rings. The van der Waals surface area contributed by atoms with E-state index in [9.17, 15) is 5.11 Å². The lowest BCUT2D eigenvalue weighted by Gasteiger charge is -2.17. The molecule has 0 aliphatic heterocycles.